The molecule has 2 amide bonds. The van der Waals surface area contributed by atoms with E-state index in [1.807, 2.05) is 31.2 Å². The van der Waals surface area contributed by atoms with Gasteiger partial charge in [0.25, 0.3) is 11.8 Å². The predicted molar refractivity (Wildman–Crippen MR) is 89.7 cm³/mol. The Morgan fingerprint density at radius 2 is 1.78 bits per heavy atom. The summed E-state index contributed by atoms with van der Waals surface area (Å²) in [7, 11) is 1.57. The third-order valence-electron chi connectivity index (χ3n) is 3.31. The lowest BCUT2D eigenvalue weighted by Crippen LogP contribution is -2.30. The second-order valence-corrected chi connectivity index (χ2v) is 5.22. The van der Waals surface area contributed by atoms with Crippen molar-refractivity contribution in [3.63, 3.8) is 0 Å². The summed E-state index contributed by atoms with van der Waals surface area (Å²) >= 11 is 0. The quantitative estimate of drug-likeness (QED) is 0.892. The summed E-state index contributed by atoms with van der Waals surface area (Å²) in [5.41, 5.74) is 2.22. The van der Waals surface area contributed by atoms with Gasteiger partial charge in [0.05, 0.1) is 0 Å². The van der Waals surface area contributed by atoms with Gasteiger partial charge in [-0.1, -0.05) is 12.1 Å². The fraction of sp³-hybridized carbons (Fsp3) is 0.222. The highest BCUT2D eigenvalue weighted by Gasteiger charge is 2.15. The summed E-state index contributed by atoms with van der Waals surface area (Å²) in [5.74, 6) is 0.237. The van der Waals surface area contributed by atoms with E-state index in [0.29, 0.717) is 17.0 Å². The maximum atomic E-state index is 12.2. The summed E-state index contributed by atoms with van der Waals surface area (Å²) in [5, 5.41) is 5.31. The van der Waals surface area contributed by atoms with Crippen molar-refractivity contribution in [1.82, 2.24) is 5.32 Å². The van der Waals surface area contributed by atoms with E-state index in [0.717, 1.165) is 5.56 Å². The van der Waals surface area contributed by atoms with Crippen molar-refractivity contribution >= 4 is 17.5 Å². The summed E-state index contributed by atoms with van der Waals surface area (Å²) in [4.78, 5) is 23.6. The van der Waals surface area contributed by atoms with Gasteiger partial charge in [-0.2, -0.15) is 0 Å². The molecule has 0 saturated heterocycles. The highest BCUT2D eigenvalue weighted by atomic mass is 16.5. The van der Waals surface area contributed by atoms with Crippen LogP contribution in [0.25, 0.3) is 0 Å². The highest BCUT2D eigenvalue weighted by molar-refractivity contribution is 5.96. The van der Waals surface area contributed by atoms with Crippen LogP contribution in [0.2, 0.25) is 0 Å². The van der Waals surface area contributed by atoms with E-state index in [-0.39, 0.29) is 11.8 Å². The Labute approximate surface area is 135 Å². The van der Waals surface area contributed by atoms with Gasteiger partial charge in [0.1, 0.15) is 5.75 Å². The van der Waals surface area contributed by atoms with E-state index in [4.69, 9.17) is 4.74 Å². The number of anilines is 1. The van der Waals surface area contributed by atoms with Crippen molar-refractivity contribution in [2.75, 3.05) is 12.4 Å². The first-order valence-electron chi connectivity index (χ1n) is 7.36. The minimum Gasteiger partial charge on any atom is -0.481 e. The molecule has 23 heavy (non-hydrogen) atoms. The van der Waals surface area contributed by atoms with Gasteiger partial charge in [-0.3, -0.25) is 9.59 Å². The Morgan fingerprint density at radius 3 is 2.39 bits per heavy atom. The van der Waals surface area contributed by atoms with E-state index >= 15 is 0 Å². The zero-order valence-electron chi connectivity index (χ0n) is 13.4. The number of aryl methyl sites for hydroxylation is 1. The third kappa shape index (κ3) is 4.57. The molecule has 0 unspecified atom stereocenters. The van der Waals surface area contributed by atoms with Crippen LogP contribution in [0.5, 0.6) is 5.75 Å². The van der Waals surface area contributed by atoms with E-state index in [1.54, 1.807) is 38.2 Å². The zero-order chi connectivity index (χ0) is 16.8. The number of amides is 2. The van der Waals surface area contributed by atoms with Crippen LogP contribution in [0.4, 0.5) is 5.69 Å². The van der Waals surface area contributed by atoms with Crippen molar-refractivity contribution in [2.45, 2.75) is 20.0 Å². The van der Waals surface area contributed by atoms with Crippen LogP contribution in [-0.4, -0.2) is 25.0 Å². The monoisotopic (exact) mass is 312 g/mol. The molecule has 0 aliphatic rings. The smallest absolute Gasteiger partial charge is 0.265 e. The lowest BCUT2D eigenvalue weighted by atomic mass is 10.2. The van der Waals surface area contributed by atoms with Crippen molar-refractivity contribution in [3.8, 4) is 5.75 Å². The van der Waals surface area contributed by atoms with Gasteiger partial charge in [0, 0.05) is 18.3 Å². The lowest BCUT2D eigenvalue weighted by Gasteiger charge is -2.15. The number of rotatable bonds is 5. The second-order valence-electron chi connectivity index (χ2n) is 5.22. The Kier molecular flexibility index (Phi) is 5.36. The number of benzene rings is 2. The molecule has 0 fully saturated rings. The first-order chi connectivity index (χ1) is 11.0. The van der Waals surface area contributed by atoms with Crippen LogP contribution >= 0.6 is 0 Å². The van der Waals surface area contributed by atoms with Crippen LogP contribution in [0.1, 0.15) is 22.8 Å². The zero-order valence-corrected chi connectivity index (χ0v) is 13.4. The van der Waals surface area contributed by atoms with E-state index < -0.39 is 6.10 Å². The minimum absolute atomic E-state index is 0.168. The maximum Gasteiger partial charge on any atom is 0.265 e. The molecule has 5 heteroatoms. The number of hydrogen-bond donors (Lipinski definition) is 2. The van der Waals surface area contributed by atoms with Gasteiger partial charge >= 0.3 is 0 Å². The van der Waals surface area contributed by atoms with Crippen molar-refractivity contribution in [3.05, 3.63) is 59.7 Å². The topological polar surface area (TPSA) is 67.4 Å². The first kappa shape index (κ1) is 16.5. The number of carbonyl (C=O) groups is 2. The predicted octanol–water partition coefficient (Wildman–Crippen LogP) is 2.76. The molecule has 5 nitrogen and oxygen atoms in total. The van der Waals surface area contributed by atoms with Crippen LogP contribution in [-0.2, 0) is 4.79 Å². The van der Waals surface area contributed by atoms with Gasteiger partial charge in [-0.25, -0.2) is 0 Å². The molecule has 0 radical (unpaired) electrons. The Hall–Kier alpha value is -2.82. The van der Waals surface area contributed by atoms with Crippen LogP contribution in [0, 0.1) is 6.92 Å². The van der Waals surface area contributed by atoms with Crippen molar-refractivity contribution < 1.29 is 14.3 Å². The SMILES string of the molecule is CNC(=O)c1ccc(NC(=O)[C@@H](C)Oc2cccc(C)c2)cc1. The summed E-state index contributed by atoms with van der Waals surface area (Å²) in [6.45, 7) is 3.65. The number of ether oxygens (including phenoxy) is 1. The van der Waals surface area contributed by atoms with Crippen LogP contribution in [0.3, 0.4) is 0 Å². The Balaban J connectivity index is 1.96. The standard InChI is InChI=1S/C18H20N2O3/c1-12-5-4-6-16(11-12)23-13(2)17(21)20-15-9-7-14(8-10-15)18(22)19-3/h4-11,13H,1-3H3,(H,19,22)(H,20,21)/t13-/m1/s1. The second kappa shape index (κ2) is 7.45. The average Bonchev–Trinajstić information content (AvgIpc) is 2.54. The fourth-order valence-electron chi connectivity index (χ4n) is 2.04. The van der Waals surface area contributed by atoms with E-state index in [2.05, 4.69) is 10.6 Å². The Morgan fingerprint density at radius 1 is 1.09 bits per heavy atom. The normalized spacial score (nSPS) is 11.4. The van der Waals surface area contributed by atoms with Crippen LogP contribution < -0.4 is 15.4 Å². The molecule has 2 aromatic rings. The number of carbonyl (C=O) groups excluding carboxylic acids is 2. The highest BCUT2D eigenvalue weighted by Crippen LogP contribution is 2.15. The number of nitrogens with one attached hydrogen (secondary N) is 2. The molecule has 0 bridgehead atoms. The van der Waals surface area contributed by atoms with Crippen molar-refractivity contribution in [2.24, 2.45) is 0 Å². The lowest BCUT2D eigenvalue weighted by molar-refractivity contribution is -0.122. The molecular weight excluding hydrogens is 292 g/mol. The molecule has 0 aromatic heterocycles. The molecule has 0 spiro atoms. The molecule has 0 aliphatic heterocycles. The molecule has 2 rings (SSSR count). The minimum atomic E-state index is -0.629. The summed E-state index contributed by atoms with van der Waals surface area (Å²) in [6.07, 6.45) is -0.629. The fourth-order valence-corrected chi connectivity index (χ4v) is 2.04. The van der Waals surface area contributed by atoms with E-state index in [1.165, 1.54) is 0 Å². The van der Waals surface area contributed by atoms with E-state index in [9.17, 15) is 9.59 Å². The van der Waals surface area contributed by atoms with Gasteiger partial charge in [0.15, 0.2) is 6.10 Å². The molecular formula is C18H20N2O3. The average molecular weight is 312 g/mol. The Bertz CT molecular complexity index is 696. The largest absolute Gasteiger partial charge is 0.481 e. The molecule has 120 valence electrons. The molecule has 0 saturated carbocycles. The molecule has 2 N–H and O–H groups in total. The van der Waals surface area contributed by atoms with Gasteiger partial charge in [-0.15, -0.1) is 0 Å². The molecule has 1 atom stereocenters. The maximum absolute atomic E-state index is 12.2. The molecule has 2 aromatic carbocycles. The van der Waals surface area contributed by atoms with Gasteiger partial charge in [-0.05, 0) is 55.8 Å². The third-order valence-corrected chi connectivity index (χ3v) is 3.31. The molecule has 0 aliphatic carbocycles. The van der Waals surface area contributed by atoms with Gasteiger partial charge in [0.2, 0.25) is 0 Å². The summed E-state index contributed by atoms with van der Waals surface area (Å²) < 4.78 is 5.63. The number of hydrogen-bond acceptors (Lipinski definition) is 3. The summed E-state index contributed by atoms with van der Waals surface area (Å²) in [6, 6.07) is 14.2. The first-order valence-corrected chi connectivity index (χ1v) is 7.36. The van der Waals surface area contributed by atoms with Crippen molar-refractivity contribution in [1.29, 1.82) is 0 Å². The van der Waals surface area contributed by atoms with Gasteiger partial charge < -0.3 is 15.4 Å². The molecule has 0 heterocycles. The van der Waals surface area contributed by atoms with Crippen LogP contribution in [0.15, 0.2) is 48.5 Å².